The van der Waals surface area contributed by atoms with Gasteiger partial charge in [0.1, 0.15) is 0 Å². The molecular formula is C54H70. The Hall–Kier alpha value is -3.90. The minimum Gasteiger partial charge on any atom is -0.0587 e. The number of rotatable bonds is 12. The molecule has 5 aromatic rings. The van der Waals surface area contributed by atoms with Crippen molar-refractivity contribution in [1.29, 1.82) is 0 Å². The lowest BCUT2D eigenvalue weighted by Gasteiger charge is -2.24. The zero-order valence-electron chi connectivity index (χ0n) is 36.7. The summed E-state index contributed by atoms with van der Waals surface area (Å²) in [6, 6.07) is 34.8. The van der Waals surface area contributed by atoms with Crippen LogP contribution < -0.4 is 0 Å². The molecular weight excluding hydrogens is 649 g/mol. The van der Waals surface area contributed by atoms with Gasteiger partial charge >= 0.3 is 0 Å². The van der Waals surface area contributed by atoms with E-state index in [2.05, 4.69) is 196 Å². The lowest BCUT2D eigenvalue weighted by molar-refractivity contribution is 0.833. The zero-order chi connectivity index (χ0) is 39.8. The molecule has 0 radical (unpaired) electrons. The van der Waals surface area contributed by atoms with Crippen LogP contribution in [-0.4, -0.2) is 0 Å². The Morgan fingerprint density at radius 2 is 0.315 bits per heavy atom. The van der Waals surface area contributed by atoms with Gasteiger partial charge in [0.15, 0.2) is 0 Å². The maximum atomic E-state index is 2.58. The summed E-state index contributed by atoms with van der Waals surface area (Å²) in [6.07, 6.45) is 0. The van der Waals surface area contributed by atoms with E-state index in [0.717, 1.165) is 0 Å². The van der Waals surface area contributed by atoms with Crippen molar-refractivity contribution in [2.75, 3.05) is 0 Å². The van der Waals surface area contributed by atoms with Crippen LogP contribution in [0.15, 0.2) is 84.9 Å². The number of hydrogen-bond acceptors (Lipinski definition) is 0. The maximum absolute atomic E-state index is 2.58. The van der Waals surface area contributed by atoms with Crippen molar-refractivity contribution in [3.63, 3.8) is 0 Å². The molecule has 0 saturated heterocycles. The number of hydrogen-bond donors (Lipinski definition) is 0. The lowest BCUT2D eigenvalue weighted by Crippen LogP contribution is -2.01. The van der Waals surface area contributed by atoms with Gasteiger partial charge in [-0.2, -0.15) is 0 Å². The highest BCUT2D eigenvalue weighted by molar-refractivity contribution is 5.96. The summed E-state index contributed by atoms with van der Waals surface area (Å²) in [5.74, 6) is 3.49. The molecule has 0 aliphatic carbocycles. The van der Waals surface area contributed by atoms with Gasteiger partial charge in [0, 0.05) is 0 Å². The highest BCUT2D eigenvalue weighted by Crippen LogP contribution is 2.46. The monoisotopic (exact) mass is 719 g/mol. The summed E-state index contributed by atoms with van der Waals surface area (Å²) in [5, 5.41) is 0. The van der Waals surface area contributed by atoms with E-state index >= 15 is 0 Å². The first-order valence-electron chi connectivity index (χ1n) is 21.1. The maximum Gasteiger partial charge on any atom is -0.00986 e. The Bertz CT molecular complexity index is 1670. The van der Waals surface area contributed by atoms with Crippen LogP contribution in [0.25, 0.3) is 44.5 Å². The molecule has 0 unspecified atom stereocenters. The summed E-state index contributed by atoms with van der Waals surface area (Å²) in [5.41, 5.74) is 21.8. The Kier molecular flexibility index (Phi) is 12.9. The predicted molar refractivity (Wildman–Crippen MR) is 241 cm³/mol. The highest BCUT2D eigenvalue weighted by atomic mass is 14.3. The molecule has 0 fully saturated rings. The van der Waals surface area contributed by atoms with Gasteiger partial charge in [0.05, 0.1) is 0 Å². The van der Waals surface area contributed by atoms with Crippen molar-refractivity contribution < 1.29 is 0 Å². The van der Waals surface area contributed by atoms with Crippen LogP contribution in [0.5, 0.6) is 0 Å². The van der Waals surface area contributed by atoms with Gasteiger partial charge in [-0.05, 0) is 148 Å². The smallest absolute Gasteiger partial charge is 0.00986 e. The summed E-state index contributed by atoms with van der Waals surface area (Å²) in [4.78, 5) is 0. The van der Waals surface area contributed by atoms with Crippen molar-refractivity contribution in [1.82, 2.24) is 0 Å². The van der Waals surface area contributed by atoms with Gasteiger partial charge in [0.2, 0.25) is 0 Å². The molecule has 0 aliphatic heterocycles. The van der Waals surface area contributed by atoms with E-state index in [-0.39, 0.29) is 0 Å². The third-order valence-electron chi connectivity index (χ3n) is 11.6. The Morgan fingerprint density at radius 1 is 0.185 bits per heavy atom. The Labute approximate surface area is 330 Å². The molecule has 0 spiro atoms. The molecule has 5 rings (SSSR count). The van der Waals surface area contributed by atoms with E-state index in [1.807, 2.05) is 0 Å². The molecule has 0 amide bonds. The largest absolute Gasteiger partial charge is 0.0587 e. The molecule has 5 aromatic carbocycles. The van der Waals surface area contributed by atoms with Crippen molar-refractivity contribution in [2.24, 2.45) is 0 Å². The van der Waals surface area contributed by atoms with Gasteiger partial charge in [0.25, 0.3) is 0 Å². The van der Waals surface area contributed by atoms with Gasteiger partial charge in [-0.3, -0.25) is 0 Å². The third kappa shape index (κ3) is 9.13. The van der Waals surface area contributed by atoms with E-state index in [1.54, 1.807) is 0 Å². The first-order valence-corrected chi connectivity index (χ1v) is 21.1. The quantitative estimate of drug-likeness (QED) is 0.120. The fraction of sp³-hybridized carbons (Fsp3) is 0.444. The molecule has 0 aromatic heterocycles. The van der Waals surface area contributed by atoms with E-state index in [0.29, 0.717) is 47.3 Å². The molecule has 0 atom stereocenters. The van der Waals surface area contributed by atoms with Crippen LogP contribution in [0.4, 0.5) is 0 Å². The first kappa shape index (κ1) is 41.3. The van der Waals surface area contributed by atoms with Crippen LogP contribution in [0.2, 0.25) is 0 Å². The predicted octanol–water partition coefficient (Wildman–Crippen LogP) is 17.3. The molecule has 0 aliphatic rings. The van der Waals surface area contributed by atoms with Gasteiger partial charge < -0.3 is 0 Å². The minimum absolute atomic E-state index is 0.436. The Balaban J connectivity index is 2.04. The second kappa shape index (κ2) is 16.9. The molecule has 54 heavy (non-hydrogen) atoms. The second-order valence-electron chi connectivity index (χ2n) is 18.7. The molecule has 0 nitrogen and oxygen atoms in total. The van der Waals surface area contributed by atoms with Gasteiger partial charge in [-0.15, -0.1) is 0 Å². The van der Waals surface area contributed by atoms with Crippen LogP contribution in [-0.2, 0) is 0 Å². The molecule has 0 saturated carbocycles. The van der Waals surface area contributed by atoms with Crippen LogP contribution >= 0.6 is 0 Å². The average Bonchev–Trinajstić information content (AvgIpc) is 3.13. The standard InChI is InChI=1S/C54H70/c1-31(2)39-17-40(32(3)4)22-47(21-39)51-29-53(49-25-43(35(9)10)19-44(26-49)36(11)12)54(50-27-45(37(13)14)20-46(28-50)38(15)16)30-52(51)48-23-41(33(5)6)18-42(24-48)34(7)8/h17-38H,1-16H3. The molecule has 0 heteroatoms. The van der Waals surface area contributed by atoms with E-state index in [4.69, 9.17) is 0 Å². The lowest BCUT2D eigenvalue weighted by atomic mass is 9.80. The zero-order valence-corrected chi connectivity index (χ0v) is 36.7. The summed E-state index contributed by atoms with van der Waals surface area (Å²) in [6.45, 7) is 37.3. The molecule has 0 bridgehead atoms. The minimum atomic E-state index is 0.436. The molecule has 286 valence electrons. The SMILES string of the molecule is CC(C)c1cc(-c2cc(-c3cc(C(C)C)cc(C(C)C)c3)c(-c3cc(C(C)C)cc(C(C)C)c3)cc2-c2cc(C(C)C)cc(C(C)C)c2)cc(C(C)C)c1. The normalized spacial score (nSPS) is 12.3. The summed E-state index contributed by atoms with van der Waals surface area (Å²) >= 11 is 0. The first-order chi connectivity index (χ1) is 25.3. The van der Waals surface area contributed by atoms with E-state index in [1.165, 1.54) is 89.0 Å². The van der Waals surface area contributed by atoms with Crippen molar-refractivity contribution in [3.05, 3.63) is 129 Å². The van der Waals surface area contributed by atoms with E-state index in [9.17, 15) is 0 Å². The topological polar surface area (TPSA) is 0 Å². The van der Waals surface area contributed by atoms with Gasteiger partial charge in [-0.25, -0.2) is 0 Å². The van der Waals surface area contributed by atoms with Crippen molar-refractivity contribution in [2.45, 2.75) is 158 Å². The van der Waals surface area contributed by atoms with Crippen molar-refractivity contribution >= 4 is 0 Å². The van der Waals surface area contributed by atoms with E-state index < -0.39 is 0 Å². The number of benzene rings is 5. The third-order valence-corrected chi connectivity index (χ3v) is 11.6. The van der Waals surface area contributed by atoms with Crippen molar-refractivity contribution in [3.8, 4) is 44.5 Å². The fourth-order valence-corrected chi connectivity index (χ4v) is 7.55. The molecule has 0 heterocycles. The average molecular weight is 719 g/mol. The van der Waals surface area contributed by atoms with Crippen LogP contribution in [0, 0.1) is 0 Å². The summed E-state index contributed by atoms with van der Waals surface area (Å²) in [7, 11) is 0. The Morgan fingerprint density at radius 3 is 0.426 bits per heavy atom. The molecule has 0 N–H and O–H groups in total. The van der Waals surface area contributed by atoms with Gasteiger partial charge in [-0.1, -0.05) is 184 Å². The highest BCUT2D eigenvalue weighted by Gasteiger charge is 2.22. The fourth-order valence-electron chi connectivity index (χ4n) is 7.55. The summed E-state index contributed by atoms with van der Waals surface area (Å²) < 4.78 is 0. The van der Waals surface area contributed by atoms with Crippen LogP contribution in [0.3, 0.4) is 0 Å². The van der Waals surface area contributed by atoms with Crippen LogP contribution in [0.1, 0.15) is 203 Å². The second-order valence-corrected chi connectivity index (χ2v) is 18.7.